The number of hydrogen-bond donors (Lipinski definition) is 2. The van der Waals surface area contributed by atoms with Crippen LogP contribution in [0.25, 0.3) is 0 Å². The summed E-state index contributed by atoms with van der Waals surface area (Å²) < 4.78 is 0. The van der Waals surface area contributed by atoms with E-state index >= 15 is 0 Å². The van der Waals surface area contributed by atoms with Gasteiger partial charge in [0.1, 0.15) is 0 Å². The van der Waals surface area contributed by atoms with E-state index in [4.69, 9.17) is 0 Å². The molecular weight excluding hydrogens is 226 g/mol. The molecule has 18 heavy (non-hydrogen) atoms. The van der Waals surface area contributed by atoms with Gasteiger partial charge in [0.05, 0.1) is 0 Å². The molecule has 0 unspecified atom stereocenters. The molecule has 4 heteroatoms. The fourth-order valence-corrected chi connectivity index (χ4v) is 2.17. The monoisotopic (exact) mass is 245 g/mol. The first-order chi connectivity index (χ1) is 8.84. The molecule has 0 heterocycles. The zero-order valence-electron chi connectivity index (χ0n) is 10.4. The fourth-order valence-electron chi connectivity index (χ4n) is 2.17. The number of carbonyl (C=O) groups excluding carboxylic acids is 1. The Hall–Kier alpha value is -1.84. The van der Waals surface area contributed by atoms with E-state index in [9.17, 15) is 4.79 Å². The van der Waals surface area contributed by atoms with Gasteiger partial charge in [-0.3, -0.25) is 0 Å². The molecule has 0 aliphatic heterocycles. The Balaban J connectivity index is 1.72. The number of hydrazone groups is 1. The number of nitrogens with zero attached hydrogens (tertiary/aromatic N) is 1. The maximum Gasteiger partial charge on any atom is 0.339 e. The molecule has 0 spiro atoms. The standard InChI is InChI=1S/C14H19N3O/c18-14(16-13-9-5-2-6-10-13)17-15-11-12-7-3-1-4-8-12/h2,5-6,9-12H,1,3-4,7-8H2,(H2,16,17,18)/b15-11-. The molecule has 0 saturated heterocycles. The van der Waals surface area contributed by atoms with Gasteiger partial charge in [-0.25, -0.2) is 10.2 Å². The summed E-state index contributed by atoms with van der Waals surface area (Å²) in [5, 5.41) is 6.72. The Morgan fingerprint density at radius 1 is 1.17 bits per heavy atom. The van der Waals surface area contributed by atoms with Crippen molar-refractivity contribution in [2.75, 3.05) is 5.32 Å². The first-order valence-corrected chi connectivity index (χ1v) is 6.50. The highest BCUT2D eigenvalue weighted by atomic mass is 16.2. The number of rotatable bonds is 3. The average Bonchev–Trinajstić information content (AvgIpc) is 2.41. The summed E-state index contributed by atoms with van der Waals surface area (Å²) in [7, 11) is 0. The number of carbonyl (C=O) groups is 1. The van der Waals surface area contributed by atoms with Crippen LogP contribution in [0.15, 0.2) is 35.4 Å². The molecule has 1 aliphatic rings. The van der Waals surface area contributed by atoms with Crippen LogP contribution in [0.3, 0.4) is 0 Å². The van der Waals surface area contributed by atoms with Crippen LogP contribution in [-0.2, 0) is 0 Å². The van der Waals surface area contributed by atoms with Gasteiger partial charge in [0.15, 0.2) is 0 Å². The van der Waals surface area contributed by atoms with Crippen molar-refractivity contribution >= 4 is 17.9 Å². The van der Waals surface area contributed by atoms with Gasteiger partial charge in [-0.15, -0.1) is 0 Å². The number of amides is 2. The van der Waals surface area contributed by atoms with Gasteiger partial charge >= 0.3 is 6.03 Å². The SMILES string of the molecule is O=C(N/N=C\C1CCCCC1)Nc1ccccc1. The Morgan fingerprint density at radius 3 is 2.61 bits per heavy atom. The lowest BCUT2D eigenvalue weighted by atomic mass is 9.90. The summed E-state index contributed by atoms with van der Waals surface area (Å²) in [5.74, 6) is 0.524. The molecule has 1 aliphatic carbocycles. The molecule has 2 amide bonds. The Kier molecular flexibility index (Phi) is 4.76. The van der Waals surface area contributed by atoms with Crippen LogP contribution in [0, 0.1) is 5.92 Å². The van der Waals surface area contributed by atoms with Gasteiger partial charge in [0.2, 0.25) is 0 Å². The van der Waals surface area contributed by atoms with Crippen molar-refractivity contribution in [2.45, 2.75) is 32.1 Å². The molecule has 96 valence electrons. The van der Waals surface area contributed by atoms with Crippen LogP contribution in [0.1, 0.15) is 32.1 Å². The van der Waals surface area contributed by atoms with Crippen molar-refractivity contribution in [2.24, 2.45) is 11.0 Å². The molecule has 2 N–H and O–H groups in total. The molecule has 2 rings (SSSR count). The van der Waals surface area contributed by atoms with Crippen LogP contribution in [-0.4, -0.2) is 12.2 Å². The second-order valence-corrected chi connectivity index (χ2v) is 4.61. The predicted octanol–water partition coefficient (Wildman–Crippen LogP) is 3.37. The minimum Gasteiger partial charge on any atom is -0.307 e. The normalized spacial score (nSPS) is 16.7. The van der Waals surface area contributed by atoms with Crippen molar-refractivity contribution < 1.29 is 4.79 Å². The number of para-hydroxylation sites is 1. The van der Waals surface area contributed by atoms with Gasteiger partial charge < -0.3 is 5.32 Å². The summed E-state index contributed by atoms with van der Waals surface area (Å²) in [6.45, 7) is 0. The van der Waals surface area contributed by atoms with E-state index in [-0.39, 0.29) is 6.03 Å². The highest BCUT2D eigenvalue weighted by molar-refractivity contribution is 5.89. The highest BCUT2D eigenvalue weighted by Gasteiger charge is 2.10. The number of benzene rings is 1. The van der Waals surface area contributed by atoms with Crippen molar-refractivity contribution in [3.8, 4) is 0 Å². The molecule has 0 radical (unpaired) electrons. The minimum absolute atomic E-state index is 0.298. The summed E-state index contributed by atoms with van der Waals surface area (Å²) in [6.07, 6.45) is 8.10. The topological polar surface area (TPSA) is 53.5 Å². The van der Waals surface area contributed by atoms with E-state index in [0.717, 1.165) is 5.69 Å². The van der Waals surface area contributed by atoms with Crippen LogP contribution >= 0.6 is 0 Å². The number of anilines is 1. The van der Waals surface area contributed by atoms with Gasteiger partial charge in [-0.1, -0.05) is 37.5 Å². The lowest BCUT2D eigenvalue weighted by molar-refractivity contribution is 0.252. The third kappa shape index (κ3) is 4.20. The minimum atomic E-state index is -0.298. The van der Waals surface area contributed by atoms with E-state index in [1.807, 2.05) is 36.5 Å². The zero-order valence-corrected chi connectivity index (χ0v) is 10.4. The molecule has 1 aromatic carbocycles. The number of nitrogens with one attached hydrogen (secondary N) is 2. The number of urea groups is 1. The van der Waals surface area contributed by atoms with Crippen LogP contribution in [0.2, 0.25) is 0 Å². The van der Waals surface area contributed by atoms with E-state index in [0.29, 0.717) is 5.92 Å². The van der Waals surface area contributed by atoms with Crippen LogP contribution in [0.5, 0.6) is 0 Å². The first kappa shape index (κ1) is 12.6. The Bertz CT molecular complexity index is 397. The smallest absolute Gasteiger partial charge is 0.307 e. The maximum absolute atomic E-state index is 11.5. The van der Waals surface area contributed by atoms with E-state index < -0.39 is 0 Å². The molecule has 1 aromatic rings. The van der Waals surface area contributed by atoms with Crippen molar-refractivity contribution in [3.63, 3.8) is 0 Å². The third-order valence-corrected chi connectivity index (χ3v) is 3.13. The van der Waals surface area contributed by atoms with Gasteiger partial charge in [0, 0.05) is 11.9 Å². The van der Waals surface area contributed by atoms with Crippen molar-refractivity contribution in [3.05, 3.63) is 30.3 Å². The van der Waals surface area contributed by atoms with Gasteiger partial charge in [-0.05, 0) is 30.9 Å². The molecule has 0 bridgehead atoms. The second kappa shape index (κ2) is 6.79. The zero-order chi connectivity index (χ0) is 12.6. The molecular formula is C14H19N3O. The predicted molar refractivity (Wildman–Crippen MR) is 73.7 cm³/mol. The summed E-state index contributed by atoms with van der Waals surface area (Å²) in [6, 6.07) is 9.04. The average molecular weight is 245 g/mol. The van der Waals surface area contributed by atoms with Crippen LogP contribution in [0.4, 0.5) is 10.5 Å². The van der Waals surface area contributed by atoms with Gasteiger partial charge in [-0.2, -0.15) is 5.10 Å². The summed E-state index contributed by atoms with van der Waals surface area (Å²) in [4.78, 5) is 11.5. The quantitative estimate of drug-likeness (QED) is 0.622. The second-order valence-electron chi connectivity index (χ2n) is 4.61. The van der Waals surface area contributed by atoms with E-state index in [1.165, 1.54) is 32.1 Å². The molecule has 0 aromatic heterocycles. The highest BCUT2D eigenvalue weighted by Crippen LogP contribution is 2.21. The van der Waals surface area contributed by atoms with E-state index in [2.05, 4.69) is 15.8 Å². The lowest BCUT2D eigenvalue weighted by Crippen LogP contribution is -2.24. The van der Waals surface area contributed by atoms with Gasteiger partial charge in [0.25, 0.3) is 0 Å². The molecule has 1 saturated carbocycles. The molecule has 4 nitrogen and oxygen atoms in total. The molecule has 1 fully saturated rings. The third-order valence-electron chi connectivity index (χ3n) is 3.13. The largest absolute Gasteiger partial charge is 0.339 e. The maximum atomic E-state index is 11.5. The fraction of sp³-hybridized carbons (Fsp3) is 0.429. The summed E-state index contributed by atoms with van der Waals surface area (Å²) in [5.41, 5.74) is 3.26. The van der Waals surface area contributed by atoms with Crippen molar-refractivity contribution in [1.82, 2.24) is 5.43 Å². The number of hydrogen-bond acceptors (Lipinski definition) is 2. The van der Waals surface area contributed by atoms with Crippen LogP contribution < -0.4 is 10.7 Å². The van der Waals surface area contributed by atoms with E-state index in [1.54, 1.807) is 0 Å². The first-order valence-electron chi connectivity index (χ1n) is 6.50. The van der Waals surface area contributed by atoms with Crippen molar-refractivity contribution in [1.29, 1.82) is 0 Å². The Labute approximate surface area is 107 Å². The lowest BCUT2D eigenvalue weighted by Gasteiger charge is -2.16. The summed E-state index contributed by atoms with van der Waals surface area (Å²) >= 11 is 0. The molecule has 0 atom stereocenters. The Morgan fingerprint density at radius 2 is 1.89 bits per heavy atom.